The first-order chi connectivity index (χ1) is 14.0. The van der Waals surface area contributed by atoms with Gasteiger partial charge in [-0.1, -0.05) is 53.4 Å². The zero-order valence-electron chi connectivity index (χ0n) is 15.2. The normalized spacial score (nSPS) is 11.6. The van der Waals surface area contributed by atoms with Crippen molar-refractivity contribution in [1.29, 1.82) is 0 Å². The van der Waals surface area contributed by atoms with E-state index in [1.165, 1.54) is 11.3 Å². The molecule has 0 spiro atoms. The molecule has 0 aliphatic heterocycles. The Morgan fingerprint density at radius 1 is 1.14 bits per heavy atom. The molecule has 0 aliphatic carbocycles. The quantitative estimate of drug-likeness (QED) is 0.242. The Kier molecular flexibility index (Phi) is 4.38. The summed E-state index contributed by atoms with van der Waals surface area (Å²) in [6, 6.07) is 15.7. The number of aliphatic carboxylic acids is 1. The standard InChI is InChI=1S/C20H14N4O2S3/c1-11-6-2-4-8-13(11)24-18-16(29-20(24)27)17-21-12-7-3-5-9-14(12)23(17)19(22-18)28-10-15(25)26/h2-9H,10H2,1H3,(H,25,26)/p-1. The number of hydrogen-bond acceptors (Lipinski definition) is 7. The number of thioether (sulfide) groups is 1. The third-order valence-electron chi connectivity index (χ3n) is 4.62. The second-order valence-electron chi connectivity index (χ2n) is 6.46. The Morgan fingerprint density at radius 2 is 1.90 bits per heavy atom. The predicted octanol–water partition coefficient (Wildman–Crippen LogP) is 3.77. The molecule has 0 amide bonds. The maximum Gasteiger partial charge on any atom is 0.176 e. The lowest BCUT2D eigenvalue weighted by Gasteiger charge is -2.10. The summed E-state index contributed by atoms with van der Waals surface area (Å²) in [6.07, 6.45) is 0. The zero-order chi connectivity index (χ0) is 20.1. The van der Waals surface area contributed by atoms with Gasteiger partial charge < -0.3 is 9.90 Å². The molecule has 2 aromatic carbocycles. The SMILES string of the molecule is Cc1ccccc1-n1c(=S)sc2c1nc(SCC(=O)[O-])n1c3ccccc3nc21. The van der Waals surface area contributed by atoms with E-state index < -0.39 is 5.97 Å². The summed E-state index contributed by atoms with van der Waals surface area (Å²) >= 11 is 8.25. The molecular formula is C20H13N4O2S3-. The molecule has 0 saturated carbocycles. The largest absolute Gasteiger partial charge is 0.549 e. The second kappa shape index (κ2) is 6.94. The summed E-state index contributed by atoms with van der Waals surface area (Å²) in [5.74, 6) is -1.34. The Balaban J connectivity index is 1.92. The van der Waals surface area contributed by atoms with E-state index in [2.05, 4.69) is 0 Å². The molecule has 0 unspecified atom stereocenters. The van der Waals surface area contributed by atoms with E-state index in [4.69, 9.17) is 22.2 Å². The minimum absolute atomic E-state index is 0.199. The Bertz CT molecular complexity index is 1480. The van der Waals surface area contributed by atoms with Gasteiger partial charge in [0.15, 0.2) is 20.4 Å². The molecule has 0 radical (unpaired) electrons. The minimum Gasteiger partial charge on any atom is -0.549 e. The van der Waals surface area contributed by atoms with Crippen molar-refractivity contribution in [3.63, 3.8) is 0 Å². The molecule has 0 saturated heterocycles. The summed E-state index contributed by atoms with van der Waals surface area (Å²) in [5.41, 5.74) is 5.12. The number of para-hydroxylation sites is 3. The first-order valence-electron chi connectivity index (χ1n) is 8.76. The molecule has 144 valence electrons. The number of rotatable bonds is 4. The Labute approximate surface area is 178 Å². The average Bonchev–Trinajstić information content (AvgIpc) is 3.24. The highest BCUT2D eigenvalue weighted by atomic mass is 32.2. The molecule has 3 heterocycles. The first kappa shape index (κ1) is 18.3. The number of carboxylic acid groups (broad SMARTS) is 1. The van der Waals surface area contributed by atoms with Crippen LogP contribution in [0.15, 0.2) is 53.7 Å². The Morgan fingerprint density at radius 3 is 2.69 bits per heavy atom. The van der Waals surface area contributed by atoms with Gasteiger partial charge in [0.05, 0.1) is 22.7 Å². The van der Waals surface area contributed by atoms with Gasteiger partial charge in [-0.25, -0.2) is 9.97 Å². The lowest BCUT2D eigenvalue weighted by atomic mass is 10.2. The van der Waals surface area contributed by atoms with Gasteiger partial charge in [0, 0.05) is 5.75 Å². The fourth-order valence-electron chi connectivity index (χ4n) is 3.37. The van der Waals surface area contributed by atoms with Crippen LogP contribution in [0.25, 0.3) is 32.7 Å². The van der Waals surface area contributed by atoms with E-state index in [1.807, 2.05) is 64.4 Å². The van der Waals surface area contributed by atoms with Crippen LogP contribution in [-0.2, 0) is 4.79 Å². The van der Waals surface area contributed by atoms with Crippen molar-refractivity contribution in [2.24, 2.45) is 0 Å². The van der Waals surface area contributed by atoms with Crippen LogP contribution in [0.1, 0.15) is 5.56 Å². The van der Waals surface area contributed by atoms with Crippen molar-refractivity contribution < 1.29 is 9.90 Å². The second-order valence-corrected chi connectivity index (χ2v) is 9.04. The number of thiazole rings is 1. The van der Waals surface area contributed by atoms with Gasteiger partial charge in [0.1, 0.15) is 4.70 Å². The highest BCUT2D eigenvalue weighted by Gasteiger charge is 2.19. The summed E-state index contributed by atoms with van der Waals surface area (Å²) in [6.45, 7) is 2.02. The topological polar surface area (TPSA) is 75.2 Å². The smallest absolute Gasteiger partial charge is 0.176 e. The first-order valence-corrected chi connectivity index (χ1v) is 11.0. The van der Waals surface area contributed by atoms with Crippen molar-refractivity contribution in [3.8, 4) is 5.69 Å². The summed E-state index contributed by atoms with van der Waals surface area (Å²) in [4.78, 5) is 20.7. The van der Waals surface area contributed by atoms with E-state index >= 15 is 0 Å². The van der Waals surface area contributed by atoms with Gasteiger partial charge >= 0.3 is 0 Å². The molecule has 5 rings (SSSR count). The lowest BCUT2D eigenvalue weighted by Crippen LogP contribution is -2.24. The average molecular weight is 438 g/mol. The van der Waals surface area contributed by atoms with Crippen molar-refractivity contribution in [3.05, 3.63) is 58.0 Å². The molecule has 9 heteroatoms. The number of carbonyl (C=O) groups excluding carboxylic acids is 1. The molecule has 3 aromatic heterocycles. The molecule has 0 bridgehead atoms. The molecule has 0 fully saturated rings. The number of nitrogens with zero attached hydrogens (tertiary/aromatic N) is 4. The van der Waals surface area contributed by atoms with Gasteiger partial charge in [0.2, 0.25) is 0 Å². The molecule has 5 aromatic rings. The third-order valence-corrected chi connectivity index (χ3v) is 6.89. The number of carboxylic acids is 1. The molecule has 29 heavy (non-hydrogen) atoms. The van der Waals surface area contributed by atoms with E-state index in [0.29, 0.717) is 14.8 Å². The molecule has 0 aliphatic rings. The van der Waals surface area contributed by atoms with E-state index in [9.17, 15) is 9.90 Å². The molecular weight excluding hydrogens is 424 g/mol. The highest BCUT2D eigenvalue weighted by Crippen LogP contribution is 2.34. The maximum absolute atomic E-state index is 11.1. The molecule has 0 N–H and O–H groups in total. The number of benzene rings is 2. The summed E-state index contributed by atoms with van der Waals surface area (Å²) < 4.78 is 5.37. The van der Waals surface area contributed by atoms with E-state index in [0.717, 1.165) is 44.4 Å². The van der Waals surface area contributed by atoms with Gasteiger partial charge in [0.25, 0.3) is 0 Å². The minimum atomic E-state index is -1.14. The monoisotopic (exact) mass is 437 g/mol. The third kappa shape index (κ3) is 2.93. The van der Waals surface area contributed by atoms with Crippen molar-refractivity contribution >= 4 is 68.3 Å². The lowest BCUT2D eigenvalue weighted by molar-refractivity contribution is -0.301. The van der Waals surface area contributed by atoms with Gasteiger partial charge in [-0.2, -0.15) is 0 Å². The highest BCUT2D eigenvalue weighted by molar-refractivity contribution is 7.99. The summed E-state index contributed by atoms with van der Waals surface area (Å²) in [5, 5.41) is 11.6. The van der Waals surface area contributed by atoms with Crippen LogP contribution in [0.5, 0.6) is 0 Å². The Hall–Kier alpha value is -2.75. The summed E-state index contributed by atoms with van der Waals surface area (Å²) in [7, 11) is 0. The van der Waals surface area contributed by atoms with Gasteiger partial charge in [-0.3, -0.25) is 8.97 Å². The van der Waals surface area contributed by atoms with Crippen molar-refractivity contribution in [1.82, 2.24) is 18.9 Å². The number of fused-ring (bicyclic) bond motifs is 5. The molecule has 6 nitrogen and oxygen atoms in total. The fraction of sp³-hybridized carbons (Fsp3) is 0.100. The van der Waals surface area contributed by atoms with Crippen LogP contribution < -0.4 is 5.11 Å². The number of carbonyl (C=O) groups is 1. The maximum atomic E-state index is 11.1. The zero-order valence-corrected chi connectivity index (χ0v) is 17.6. The number of aromatic nitrogens is 4. The molecule has 0 atom stereocenters. The van der Waals surface area contributed by atoms with Crippen LogP contribution >= 0.6 is 35.3 Å². The van der Waals surface area contributed by atoms with Crippen molar-refractivity contribution in [2.75, 3.05) is 5.75 Å². The number of hydrogen-bond donors (Lipinski definition) is 0. The fourth-order valence-corrected chi connectivity index (χ4v) is 5.43. The predicted molar refractivity (Wildman–Crippen MR) is 117 cm³/mol. The van der Waals surface area contributed by atoms with Crippen LogP contribution in [0.4, 0.5) is 0 Å². The van der Waals surface area contributed by atoms with Gasteiger partial charge in [-0.15, -0.1) is 0 Å². The van der Waals surface area contributed by atoms with Crippen molar-refractivity contribution in [2.45, 2.75) is 12.1 Å². The van der Waals surface area contributed by atoms with Crippen LogP contribution in [0.2, 0.25) is 0 Å². The van der Waals surface area contributed by atoms with Gasteiger partial charge in [-0.05, 0) is 42.9 Å². The number of aryl methyl sites for hydroxylation is 1. The number of imidazole rings is 1. The van der Waals surface area contributed by atoms with E-state index in [-0.39, 0.29) is 5.75 Å². The van der Waals surface area contributed by atoms with Crippen LogP contribution in [0.3, 0.4) is 0 Å². The van der Waals surface area contributed by atoms with Crippen LogP contribution in [0, 0.1) is 10.9 Å². The van der Waals surface area contributed by atoms with Crippen LogP contribution in [-0.4, -0.2) is 30.7 Å². The van der Waals surface area contributed by atoms with E-state index in [1.54, 1.807) is 0 Å².